The average Bonchev–Trinajstić information content (AvgIpc) is 2.98. The van der Waals surface area contributed by atoms with E-state index >= 15 is 0 Å². The molecule has 3 aromatic carbocycles. The van der Waals surface area contributed by atoms with Crippen LogP contribution in [-0.4, -0.2) is 37.2 Å². The Labute approximate surface area is 270 Å². The lowest BCUT2D eigenvalue weighted by molar-refractivity contribution is -0.136. The molecule has 3 aromatic rings. The molecule has 0 saturated carbocycles. The van der Waals surface area contributed by atoms with Crippen molar-refractivity contribution >= 4 is 26.0 Å². The van der Waals surface area contributed by atoms with Crippen LogP contribution in [0.15, 0.2) is 84.6 Å². The van der Waals surface area contributed by atoms with E-state index in [-0.39, 0.29) is 24.7 Å². The van der Waals surface area contributed by atoms with Gasteiger partial charge in [-0.1, -0.05) is 66.7 Å². The molecule has 46 heavy (non-hydrogen) atoms. The van der Waals surface area contributed by atoms with Gasteiger partial charge in [0.25, 0.3) is 0 Å². The fourth-order valence-corrected chi connectivity index (χ4v) is 5.44. The van der Waals surface area contributed by atoms with Gasteiger partial charge in [0.15, 0.2) is 11.5 Å². The van der Waals surface area contributed by atoms with Crippen molar-refractivity contribution in [1.29, 1.82) is 0 Å². The Balaban J connectivity index is 1.85. The molecule has 0 fully saturated rings. The molecule has 0 radical (unpaired) electrons. The van der Waals surface area contributed by atoms with Gasteiger partial charge in [0.2, 0.25) is 6.79 Å². The molecule has 0 aliphatic heterocycles. The van der Waals surface area contributed by atoms with E-state index in [1.54, 1.807) is 71.9 Å². The Morgan fingerprint density at radius 2 is 1.33 bits per heavy atom. The van der Waals surface area contributed by atoms with Crippen LogP contribution in [0.1, 0.15) is 58.2 Å². The van der Waals surface area contributed by atoms with Crippen LogP contribution in [0.5, 0.6) is 11.5 Å². The molecule has 0 aliphatic carbocycles. The SMILES string of the molecule is COC(=O)/C(=C/c1ccc(OCc2ccccc2)c(OCOP(=O)(OC(C)(C)C)OC(C)(C)C)c1)NC(=O)OCc1ccccc1. The van der Waals surface area contributed by atoms with Crippen LogP contribution in [0.2, 0.25) is 0 Å². The zero-order valence-corrected chi connectivity index (χ0v) is 28.1. The zero-order valence-electron chi connectivity index (χ0n) is 27.2. The summed E-state index contributed by atoms with van der Waals surface area (Å²) in [6.07, 6.45) is 0.544. The summed E-state index contributed by atoms with van der Waals surface area (Å²) in [5.41, 5.74) is 0.278. The Hall–Kier alpha value is -4.15. The maximum absolute atomic E-state index is 13.5. The minimum absolute atomic E-state index is 0.00821. The molecule has 1 amide bonds. The van der Waals surface area contributed by atoms with Crippen LogP contribution < -0.4 is 14.8 Å². The Morgan fingerprint density at radius 3 is 1.87 bits per heavy atom. The monoisotopic (exact) mass is 655 g/mol. The number of phosphoric ester groups is 1. The first-order chi connectivity index (χ1) is 21.6. The van der Waals surface area contributed by atoms with E-state index in [2.05, 4.69) is 5.32 Å². The predicted molar refractivity (Wildman–Crippen MR) is 173 cm³/mol. The molecular weight excluding hydrogens is 613 g/mol. The number of benzene rings is 3. The van der Waals surface area contributed by atoms with Crippen molar-refractivity contribution in [3.8, 4) is 11.5 Å². The summed E-state index contributed by atoms with van der Waals surface area (Å²) in [6, 6.07) is 23.5. The number of ether oxygens (including phenoxy) is 4. The molecule has 248 valence electrons. The van der Waals surface area contributed by atoms with Gasteiger partial charge in [-0.15, -0.1) is 0 Å². The summed E-state index contributed by atoms with van der Waals surface area (Å²) in [6.45, 7) is 10.1. The quantitative estimate of drug-likeness (QED) is 0.0795. The van der Waals surface area contributed by atoms with Gasteiger partial charge < -0.3 is 18.9 Å². The second kappa shape index (κ2) is 16.4. The van der Waals surface area contributed by atoms with Crippen LogP contribution in [0, 0.1) is 0 Å². The molecule has 0 aromatic heterocycles. The molecule has 0 spiro atoms. The van der Waals surface area contributed by atoms with Gasteiger partial charge in [-0.25, -0.2) is 18.7 Å². The fraction of sp³-hybridized carbons (Fsp3) is 0.353. The first-order valence-electron chi connectivity index (χ1n) is 14.5. The molecule has 0 heterocycles. The molecule has 0 saturated heterocycles. The Kier molecular flexibility index (Phi) is 13.0. The number of esters is 1. The highest BCUT2D eigenvalue weighted by Gasteiger charge is 2.37. The van der Waals surface area contributed by atoms with Crippen molar-refractivity contribution in [2.45, 2.75) is 66.0 Å². The molecule has 0 aliphatic rings. The summed E-state index contributed by atoms with van der Waals surface area (Å²) in [4.78, 5) is 25.1. The number of methoxy groups -OCH3 is 1. The highest BCUT2D eigenvalue weighted by molar-refractivity contribution is 7.48. The molecular formula is C34H42NO10P. The first-order valence-corrected chi connectivity index (χ1v) is 16.0. The van der Waals surface area contributed by atoms with E-state index in [1.165, 1.54) is 13.2 Å². The second-order valence-corrected chi connectivity index (χ2v) is 13.5. The van der Waals surface area contributed by atoms with Gasteiger partial charge in [-0.05, 0) is 76.4 Å². The summed E-state index contributed by atoms with van der Waals surface area (Å²) >= 11 is 0. The number of amides is 1. The second-order valence-electron chi connectivity index (χ2n) is 12.0. The van der Waals surface area contributed by atoms with Gasteiger partial charge in [-0.3, -0.25) is 14.4 Å². The van der Waals surface area contributed by atoms with Crippen LogP contribution in [0.25, 0.3) is 6.08 Å². The van der Waals surface area contributed by atoms with Crippen molar-refractivity contribution in [3.63, 3.8) is 0 Å². The summed E-state index contributed by atoms with van der Waals surface area (Å²) in [7, 11) is -2.88. The highest BCUT2D eigenvalue weighted by atomic mass is 31.2. The van der Waals surface area contributed by atoms with E-state index in [4.69, 9.17) is 32.5 Å². The molecule has 0 atom stereocenters. The molecule has 0 bridgehead atoms. The van der Waals surface area contributed by atoms with Gasteiger partial charge in [0.05, 0.1) is 18.3 Å². The van der Waals surface area contributed by atoms with Crippen LogP contribution >= 0.6 is 7.82 Å². The molecule has 12 heteroatoms. The van der Waals surface area contributed by atoms with Gasteiger partial charge in [0, 0.05) is 0 Å². The largest absolute Gasteiger partial charge is 0.485 e. The van der Waals surface area contributed by atoms with E-state index in [0.717, 1.165) is 11.1 Å². The standard InChI is InChI=1S/C34H42NO10P/c1-33(2,3)44-46(38,45-34(4,5)6)43-24-42-30-21-27(18-19-29(30)40-22-25-14-10-8-11-15-25)20-28(31(36)39-7)35-32(37)41-23-26-16-12-9-13-17-26/h8-21H,22-24H2,1-7H3,(H,35,37)/b28-20-. The van der Waals surface area contributed by atoms with E-state index < -0.39 is 37.9 Å². The van der Waals surface area contributed by atoms with Crippen molar-refractivity contribution in [2.75, 3.05) is 13.9 Å². The predicted octanol–water partition coefficient (Wildman–Crippen LogP) is 7.80. The lowest BCUT2D eigenvalue weighted by atomic mass is 10.1. The molecule has 3 rings (SSSR count). The number of phosphoric acid groups is 1. The minimum atomic E-state index is -4.07. The number of nitrogens with one attached hydrogen (secondary N) is 1. The number of carbonyl (C=O) groups excluding carboxylic acids is 2. The summed E-state index contributed by atoms with van der Waals surface area (Å²) < 4.78 is 52.4. The van der Waals surface area contributed by atoms with Crippen molar-refractivity contribution < 1.29 is 46.7 Å². The summed E-state index contributed by atoms with van der Waals surface area (Å²) in [5.74, 6) is -0.271. The van der Waals surface area contributed by atoms with Crippen LogP contribution in [-0.2, 0) is 45.6 Å². The highest BCUT2D eigenvalue weighted by Crippen LogP contribution is 2.55. The Morgan fingerprint density at radius 1 is 0.761 bits per heavy atom. The van der Waals surface area contributed by atoms with E-state index in [9.17, 15) is 14.2 Å². The van der Waals surface area contributed by atoms with Crippen molar-refractivity contribution in [3.05, 3.63) is 101 Å². The average molecular weight is 656 g/mol. The molecule has 11 nitrogen and oxygen atoms in total. The molecule has 1 N–H and O–H groups in total. The Bertz CT molecular complexity index is 1490. The normalized spacial score (nSPS) is 12.3. The maximum Gasteiger partial charge on any atom is 0.478 e. The lowest BCUT2D eigenvalue weighted by Crippen LogP contribution is -2.28. The minimum Gasteiger partial charge on any atom is -0.485 e. The number of hydrogen-bond donors (Lipinski definition) is 1. The first kappa shape index (κ1) is 36.3. The number of rotatable bonds is 14. The third kappa shape index (κ3) is 13.1. The van der Waals surface area contributed by atoms with Crippen LogP contribution in [0.4, 0.5) is 4.79 Å². The third-order valence-corrected chi connectivity index (χ3v) is 7.53. The number of alkyl carbamates (subject to hydrolysis) is 1. The van der Waals surface area contributed by atoms with Crippen LogP contribution in [0.3, 0.4) is 0 Å². The summed E-state index contributed by atoms with van der Waals surface area (Å²) in [5, 5.41) is 2.43. The van der Waals surface area contributed by atoms with Gasteiger partial charge in [0.1, 0.15) is 18.9 Å². The fourth-order valence-electron chi connectivity index (χ4n) is 3.77. The molecule has 0 unspecified atom stereocenters. The number of carbonyl (C=O) groups is 2. The third-order valence-electron chi connectivity index (χ3n) is 5.57. The smallest absolute Gasteiger partial charge is 0.478 e. The number of hydrogen-bond acceptors (Lipinski definition) is 10. The van der Waals surface area contributed by atoms with Crippen molar-refractivity contribution in [1.82, 2.24) is 5.32 Å². The zero-order chi connectivity index (χ0) is 33.8. The lowest BCUT2D eigenvalue weighted by Gasteiger charge is -2.30. The van der Waals surface area contributed by atoms with Gasteiger partial charge >= 0.3 is 19.9 Å². The van der Waals surface area contributed by atoms with E-state index in [1.807, 2.05) is 48.5 Å². The maximum atomic E-state index is 13.5. The van der Waals surface area contributed by atoms with Crippen molar-refractivity contribution in [2.24, 2.45) is 0 Å². The van der Waals surface area contributed by atoms with E-state index in [0.29, 0.717) is 11.3 Å². The van der Waals surface area contributed by atoms with Gasteiger partial charge in [-0.2, -0.15) is 0 Å². The topological polar surface area (TPSA) is 128 Å².